The number of likely N-dealkylation sites (tertiary alicyclic amines) is 1. The summed E-state index contributed by atoms with van der Waals surface area (Å²) in [7, 11) is 0. The van der Waals surface area contributed by atoms with Crippen molar-refractivity contribution in [2.24, 2.45) is 0 Å². The van der Waals surface area contributed by atoms with Gasteiger partial charge in [-0.1, -0.05) is 78.5 Å². The maximum Gasteiger partial charge on any atom is 0.316 e. The molecule has 184 valence electrons. The van der Waals surface area contributed by atoms with Crippen LogP contribution in [0.25, 0.3) is 0 Å². The quantitative estimate of drug-likeness (QED) is 0.384. The van der Waals surface area contributed by atoms with Crippen molar-refractivity contribution in [3.8, 4) is 6.07 Å². The Labute approximate surface area is 218 Å². The minimum atomic E-state index is -0.592. The standard InChI is InChI=1S/C31H32N2O2S/c1-2-35-29(34)31(25-11-4-3-5-12-25)17-20-33(21-18-31)19-16-30(23-32)22-24-10-6-8-14-27(24)36-28-15-9-7-13-26(28)30/h3-15H,2,16-22H2,1H3/t30-/m0/s1. The number of ether oxygens (including phenoxy) is 1. The van der Waals surface area contributed by atoms with Crippen LogP contribution in [0, 0.1) is 11.3 Å². The van der Waals surface area contributed by atoms with E-state index in [2.05, 4.69) is 71.6 Å². The second kappa shape index (κ2) is 10.5. The largest absolute Gasteiger partial charge is 0.465 e. The highest BCUT2D eigenvalue weighted by molar-refractivity contribution is 7.99. The smallest absolute Gasteiger partial charge is 0.316 e. The lowest BCUT2D eigenvalue weighted by Gasteiger charge is -2.41. The number of fused-ring (bicyclic) bond motifs is 2. The van der Waals surface area contributed by atoms with Crippen molar-refractivity contribution in [1.82, 2.24) is 4.90 Å². The molecule has 3 aromatic carbocycles. The maximum atomic E-state index is 13.1. The van der Waals surface area contributed by atoms with Crippen LogP contribution in [-0.4, -0.2) is 37.1 Å². The van der Waals surface area contributed by atoms with Crippen LogP contribution in [0.5, 0.6) is 0 Å². The molecule has 1 atom stereocenters. The molecule has 3 aromatic rings. The van der Waals surface area contributed by atoms with E-state index >= 15 is 0 Å². The Morgan fingerprint density at radius 2 is 1.64 bits per heavy atom. The van der Waals surface area contributed by atoms with Crippen LogP contribution in [0.15, 0.2) is 88.7 Å². The number of carbonyl (C=O) groups is 1. The Kier molecular flexibility index (Phi) is 7.18. The van der Waals surface area contributed by atoms with Crippen molar-refractivity contribution < 1.29 is 9.53 Å². The molecular weight excluding hydrogens is 464 g/mol. The highest BCUT2D eigenvalue weighted by Crippen LogP contribution is 2.46. The Balaban J connectivity index is 1.36. The number of hydrogen-bond donors (Lipinski definition) is 0. The van der Waals surface area contributed by atoms with Gasteiger partial charge >= 0.3 is 5.97 Å². The minimum Gasteiger partial charge on any atom is -0.465 e. The lowest BCUT2D eigenvalue weighted by Crippen LogP contribution is -2.49. The fraction of sp³-hybridized carbons (Fsp3) is 0.355. The monoisotopic (exact) mass is 496 g/mol. The fourth-order valence-corrected chi connectivity index (χ4v) is 6.94. The Hall–Kier alpha value is -3.07. The number of carbonyl (C=O) groups excluding carboxylic acids is 1. The van der Waals surface area contributed by atoms with Crippen molar-refractivity contribution in [2.45, 2.75) is 53.2 Å². The van der Waals surface area contributed by atoms with Gasteiger partial charge in [-0.25, -0.2) is 0 Å². The molecular formula is C31H32N2O2S. The molecule has 2 aliphatic heterocycles. The molecule has 0 N–H and O–H groups in total. The van der Waals surface area contributed by atoms with Gasteiger partial charge in [0.05, 0.1) is 23.5 Å². The molecule has 2 heterocycles. The van der Waals surface area contributed by atoms with Crippen molar-refractivity contribution in [1.29, 1.82) is 5.26 Å². The molecule has 1 fully saturated rings. The van der Waals surface area contributed by atoms with E-state index < -0.39 is 10.8 Å². The summed E-state index contributed by atoms with van der Waals surface area (Å²) in [6.07, 6.45) is 2.93. The third-order valence-electron chi connectivity index (χ3n) is 7.86. The summed E-state index contributed by atoms with van der Waals surface area (Å²) in [5.74, 6) is -0.115. The average molecular weight is 497 g/mol. The lowest BCUT2D eigenvalue weighted by atomic mass is 9.72. The number of hydrogen-bond acceptors (Lipinski definition) is 5. The van der Waals surface area contributed by atoms with Crippen LogP contribution in [0.4, 0.5) is 0 Å². The number of piperidine rings is 1. The number of benzene rings is 3. The maximum absolute atomic E-state index is 13.1. The number of nitrogens with zero attached hydrogens (tertiary/aromatic N) is 2. The predicted molar refractivity (Wildman–Crippen MR) is 143 cm³/mol. The summed E-state index contributed by atoms with van der Waals surface area (Å²) in [6, 6.07) is 29.7. The van der Waals surface area contributed by atoms with Gasteiger partial charge in [-0.2, -0.15) is 5.26 Å². The molecule has 0 spiro atoms. The summed E-state index contributed by atoms with van der Waals surface area (Å²) in [5, 5.41) is 10.6. The zero-order valence-corrected chi connectivity index (χ0v) is 21.6. The molecule has 0 saturated carbocycles. The van der Waals surface area contributed by atoms with Gasteiger partial charge in [-0.05, 0) is 81.1 Å². The number of nitriles is 1. The van der Waals surface area contributed by atoms with Gasteiger partial charge in [-0.3, -0.25) is 4.79 Å². The van der Waals surface area contributed by atoms with Crippen molar-refractivity contribution in [2.75, 3.05) is 26.2 Å². The molecule has 0 aromatic heterocycles. The van der Waals surface area contributed by atoms with Gasteiger partial charge < -0.3 is 9.64 Å². The van der Waals surface area contributed by atoms with E-state index in [0.29, 0.717) is 13.0 Å². The third-order valence-corrected chi connectivity index (χ3v) is 9.05. The second-order valence-corrected chi connectivity index (χ2v) is 10.9. The van der Waals surface area contributed by atoms with E-state index in [4.69, 9.17) is 4.74 Å². The van der Waals surface area contributed by atoms with Crippen LogP contribution in [0.3, 0.4) is 0 Å². The van der Waals surface area contributed by atoms with Gasteiger partial charge in [0.1, 0.15) is 0 Å². The predicted octanol–water partition coefficient (Wildman–Crippen LogP) is 6.14. The first kappa shape index (κ1) is 24.6. The molecule has 2 aliphatic rings. The molecule has 0 amide bonds. The van der Waals surface area contributed by atoms with Crippen LogP contribution in [-0.2, 0) is 26.8 Å². The fourth-order valence-electron chi connectivity index (χ4n) is 5.76. The lowest BCUT2D eigenvalue weighted by molar-refractivity contribution is -0.152. The average Bonchev–Trinajstić information content (AvgIpc) is 3.07. The Morgan fingerprint density at radius 1 is 0.972 bits per heavy atom. The first-order valence-electron chi connectivity index (χ1n) is 12.8. The molecule has 36 heavy (non-hydrogen) atoms. The van der Waals surface area contributed by atoms with Gasteiger partial charge in [0.2, 0.25) is 0 Å². The van der Waals surface area contributed by atoms with Gasteiger partial charge in [0, 0.05) is 9.79 Å². The van der Waals surface area contributed by atoms with E-state index in [-0.39, 0.29) is 5.97 Å². The molecule has 5 heteroatoms. The van der Waals surface area contributed by atoms with Crippen LogP contribution in [0.1, 0.15) is 42.9 Å². The van der Waals surface area contributed by atoms with E-state index in [1.54, 1.807) is 11.8 Å². The summed E-state index contributed by atoms with van der Waals surface area (Å²) < 4.78 is 5.55. The summed E-state index contributed by atoms with van der Waals surface area (Å²) >= 11 is 1.77. The van der Waals surface area contributed by atoms with Crippen molar-refractivity contribution in [3.63, 3.8) is 0 Å². The molecule has 0 unspecified atom stereocenters. The minimum absolute atomic E-state index is 0.115. The highest BCUT2D eigenvalue weighted by Gasteiger charge is 2.45. The SMILES string of the molecule is CCOC(=O)C1(c2ccccc2)CCN(CC[C@@]2(C#N)Cc3ccccc3Sc3ccccc32)CC1. The van der Waals surface area contributed by atoms with Crippen LogP contribution < -0.4 is 0 Å². The molecule has 0 radical (unpaired) electrons. The van der Waals surface area contributed by atoms with Crippen LogP contribution >= 0.6 is 11.8 Å². The Morgan fingerprint density at radius 3 is 2.36 bits per heavy atom. The summed E-state index contributed by atoms with van der Waals surface area (Å²) in [6.45, 7) is 4.70. The number of rotatable bonds is 6. The molecule has 0 aliphatic carbocycles. The molecule has 1 saturated heterocycles. The molecule has 5 rings (SSSR count). The van der Waals surface area contributed by atoms with Gasteiger partial charge in [0.25, 0.3) is 0 Å². The molecule has 0 bridgehead atoms. The van der Waals surface area contributed by atoms with Crippen LogP contribution in [0.2, 0.25) is 0 Å². The summed E-state index contributed by atoms with van der Waals surface area (Å²) in [5.41, 5.74) is 2.25. The first-order valence-corrected chi connectivity index (χ1v) is 13.6. The van der Waals surface area contributed by atoms with E-state index in [0.717, 1.165) is 50.0 Å². The number of esters is 1. The van der Waals surface area contributed by atoms with Crippen molar-refractivity contribution >= 4 is 17.7 Å². The third kappa shape index (κ3) is 4.56. The van der Waals surface area contributed by atoms with Gasteiger partial charge in [0.15, 0.2) is 0 Å². The normalized spacial score (nSPS) is 20.9. The van der Waals surface area contributed by atoms with Crippen molar-refractivity contribution in [3.05, 3.63) is 95.6 Å². The van der Waals surface area contributed by atoms with Gasteiger partial charge in [-0.15, -0.1) is 0 Å². The second-order valence-electron chi connectivity index (χ2n) is 9.84. The topological polar surface area (TPSA) is 53.3 Å². The van der Waals surface area contributed by atoms with E-state index in [9.17, 15) is 10.1 Å². The zero-order valence-electron chi connectivity index (χ0n) is 20.8. The summed E-state index contributed by atoms with van der Waals surface area (Å²) in [4.78, 5) is 18.0. The molecule has 4 nitrogen and oxygen atoms in total. The Bertz CT molecular complexity index is 1260. The zero-order chi connectivity index (χ0) is 25.0. The first-order chi connectivity index (χ1) is 17.6. The van der Waals surface area contributed by atoms with E-state index in [1.807, 2.05) is 25.1 Å². The van der Waals surface area contributed by atoms with E-state index in [1.165, 1.54) is 15.4 Å². The highest BCUT2D eigenvalue weighted by atomic mass is 32.2.